The lowest BCUT2D eigenvalue weighted by Crippen LogP contribution is -2.15. The van der Waals surface area contributed by atoms with Crippen LogP contribution in [0.4, 0.5) is 5.95 Å². The number of benzene rings is 1. The molecule has 0 unspecified atom stereocenters. The maximum Gasteiger partial charge on any atom is 0.258 e. The molecule has 1 aromatic carbocycles. The summed E-state index contributed by atoms with van der Waals surface area (Å²) in [6, 6.07) is 8.66. The molecule has 0 radical (unpaired) electrons. The third-order valence-electron chi connectivity index (χ3n) is 4.14. The number of aryl methyl sites for hydroxylation is 1. The Bertz CT molecular complexity index is 1120. The normalized spacial score (nSPS) is 10.8. The average molecular weight is 395 g/mol. The highest BCUT2D eigenvalue weighted by atomic mass is 32.1. The predicted octanol–water partition coefficient (Wildman–Crippen LogP) is 3.26. The highest BCUT2D eigenvalue weighted by Crippen LogP contribution is 2.29. The standard InChI is InChI=1S/C19H17N5O3S/c1-24-17-14(4-3-7-20-17)22-19(24)23-18(25)12-5-6-15(16(8-12)26-2)27-9-13-10-28-11-21-13/h3-8,10-11H,9H2,1-2H3,(H,22,23,25). The van der Waals surface area contributed by atoms with Gasteiger partial charge in [0.1, 0.15) is 12.1 Å². The Morgan fingerprint density at radius 3 is 2.89 bits per heavy atom. The number of rotatable bonds is 6. The van der Waals surface area contributed by atoms with E-state index in [2.05, 4.69) is 20.3 Å². The van der Waals surface area contributed by atoms with Gasteiger partial charge in [0.05, 0.1) is 18.3 Å². The van der Waals surface area contributed by atoms with Crippen molar-refractivity contribution in [3.05, 3.63) is 58.7 Å². The van der Waals surface area contributed by atoms with Crippen molar-refractivity contribution in [1.29, 1.82) is 0 Å². The summed E-state index contributed by atoms with van der Waals surface area (Å²) in [6.45, 7) is 0.332. The van der Waals surface area contributed by atoms with Crippen LogP contribution in [0.25, 0.3) is 11.2 Å². The number of aromatic nitrogens is 4. The number of methoxy groups -OCH3 is 1. The van der Waals surface area contributed by atoms with Gasteiger partial charge in [0.2, 0.25) is 5.95 Å². The van der Waals surface area contributed by atoms with Gasteiger partial charge in [-0.15, -0.1) is 11.3 Å². The number of carbonyl (C=O) groups excluding carboxylic acids is 1. The van der Waals surface area contributed by atoms with Crippen LogP contribution in [-0.4, -0.2) is 32.5 Å². The first-order chi connectivity index (χ1) is 13.7. The molecule has 4 rings (SSSR count). The lowest BCUT2D eigenvalue weighted by molar-refractivity contribution is 0.102. The predicted molar refractivity (Wildman–Crippen MR) is 106 cm³/mol. The minimum Gasteiger partial charge on any atom is -0.493 e. The van der Waals surface area contributed by atoms with Crippen molar-refractivity contribution in [2.24, 2.45) is 7.05 Å². The number of hydrogen-bond acceptors (Lipinski definition) is 7. The maximum absolute atomic E-state index is 12.7. The van der Waals surface area contributed by atoms with Gasteiger partial charge in [-0.1, -0.05) is 0 Å². The summed E-state index contributed by atoms with van der Waals surface area (Å²) in [7, 11) is 3.33. The molecule has 28 heavy (non-hydrogen) atoms. The Kier molecular flexibility index (Phi) is 4.90. The van der Waals surface area contributed by atoms with Gasteiger partial charge in [-0.2, -0.15) is 0 Å². The van der Waals surface area contributed by atoms with E-state index in [0.717, 1.165) is 5.69 Å². The molecule has 0 saturated carbocycles. The number of anilines is 1. The van der Waals surface area contributed by atoms with Crippen molar-refractivity contribution in [2.75, 3.05) is 12.4 Å². The van der Waals surface area contributed by atoms with E-state index >= 15 is 0 Å². The van der Waals surface area contributed by atoms with Crippen LogP contribution in [-0.2, 0) is 13.7 Å². The molecule has 142 valence electrons. The summed E-state index contributed by atoms with van der Waals surface area (Å²) in [6.07, 6.45) is 1.69. The van der Waals surface area contributed by atoms with Crippen LogP contribution in [0.2, 0.25) is 0 Å². The number of ether oxygens (including phenoxy) is 2. The van der Waals surface area contributed by atoms with Crippen LogP contribution < -0.4 is 14.8 Å². The molecule has 9 heteroatoms. The first-order valence-electron chi connectivity index (χ1n) is 8.42. The van der Waals surface area contributed by atoms with Crippen molar-refractivity contribution in [3.63, 3.8) is 0 Å². The third kappa shape index (κ3) is 3.52. The fraction of sp³-hybridized carbons (Fsp3) is 0.158. The average Bonchev–Trinajstić information content (AvgIpc) is 3.35. The number of imidazole rings is 1. The molecule has 0 fully saturated rings. The molecule has 4 aromatic rings. The number of amides is 1. The zero-order valence-electron chi connectivity index (χ0n) is 15.2. The second-order valence-corrected chi connectivity index (χ2v) is 6.65. The molecule has 3 heterocycles. The van der Waals surface area contributed by atoms with Crippen LogP contribution >= 0.6 is 11.3 Å². The highest BCUT2D eigenvalue weighted by molar-refractivity contribution is 7.07. The van der Waals surface area contributed by atoms with Crippen LogP contribution in [0.3, 0.4) is 0 Å². The van der Waals surface area contributed by atoms with Crippen LogP contribution in [0.1, 0.15) is 16.1 Å². The van der Waals surface area contributed by atoms with Crippen molar-refractivity contribution in [1.82, 2.24) is 19.5 Å². The molecule has 1 N–H and O–H groups in total. The lowest BCUT2D eigenvalue weighted by Gasteiger charge is -2.11. The van der Waals surface area contributed by atoms with Crippen LogP contribution in [0, 0.1) is 0 Å². The van der Waals surface area contributed by atoms with E-state index in [1.54, 1.807) is 47.6 Å². The van der Waals surface area contributed by atoms with E-state index in [1.807, 2.05) is 11.4 Å². The summed E-state index contributed by atoms with van der Waals surface area (Å²) in [5.41, 5.74) is 4.42. The molecule has 0 bridgehead atoms. The molecule has 0 aliphatic rings. The van der Waals surface area contributed by atoms with Gasteiger partial charge in [0.25, 0.3) is 5.91 Å². The van der Waals surface area contributed by atoms with Gasteiger partial charge >= 0.3 is 0 Å². The number of thiazole rings is 1. The van der Waals surface area contributed by atoms with E-state index in [-0.39, 0.29) is 5.91 Å². The fourth-order valence-electron chi connectivity index (χ4n) is 2.70. The number of nitrogens with zero attached hydrogens (tertiary/aromatic N) is 4. The van der Waals surface area contributed by atoms with Gasteiger partial charge < -0.3 is 9.47 Å². The van der Waals surface area contributed by atoms with Crippen molar-refractivity contribution in [2.45, 2.75) is 6.61 Å². The molecule has 1 amide bonds. The zero-order chi connectivity index (χ0) is 19.5. The van der Waals surface area contributed by atoms with Gasteiger partial charge in [-0.3, -0.25) is 14.7 Å². The number of hydrogen-bond donors (Lipinski definition) is 1. The van der Waals surface area contributed by atoms with Gasteiger partial charge in [0.15, 0.2) is 17.1 Å². The lowest BCUT2D eigenvalue weighted by atomic mass is 10.2. The zero-order valence-corrected chi connectivity index (χ0v) is 16.1. The Balaban J connectivity index is 1.52. The Morgan fingerprint density at radius 2 is 2.14 bits per heavy atom. The first-order valence-corrected chi connectivity index (χ1v) is 9.36. The van der Waals surface area contributed by atoms with Crippen molar-refractivity contribution >= 4 is 34.4 Å². The fourth-order valence-corrected chi connectivity index (χ4v) is 3.24. The second-order valence-electron chi connectivity index (χ2n) is 5.93. The smallest absolute Gasteiger partial charge is 0.258 e. The number of pyridine rings is 1. The SMILES string of the molecule is COc1cc(C(=O)Nc2nc3cccnc3n2C)ccc1OCc1cscn1. The molecule has 0 spiro atoms. The Labute approximate surface area is 164 Å². The number of fused-ring (bicyclic) bond motifs is 1. The second kappa shape index (κ2) is 7.65. The number of carbonyl (C=O) groups is 1. The topological polar surface area (TPSA) is 91.2 Å². The van der Waals surface area contributed by atoms with E-state index in [4.69, 9.17) is 9.47 Å². The molecule has 0 aliphatic carbocycles. The Hall–Kier alpha value is -3.46. The minimum atomic E-state index is -0.303. The molecule has 0 atom stereocenters. The summed E-state index contributed by atoms with van der Waals surface area (Å²) in [4.78, 5) is 25.5. The first kappa shape index (κ1) is 17.9. The quantitative estimate of drug-likeness (QED) is 0.539. The highest BCUT2D eigenvalue weighted by Gasteiger charge is 2.15. The largest absolute Gasteiger partial charge is 0.493 e. The molecular weight excluding hydrogens is 378 g/mol. The van der Waals surface area contributed by atoms with Gasteiger partial charge in [-0.25, -0.2) is 15.0 Å². The summed E-state index contributed by atoms with van der Waals surface area (Å²) in [5.74, 6) is 1.12. The summed E-state index contributed by atoms with van der Waals surface area (Å²) < 4.78 is 12.9. The minimum absolute atomic E-state index is 0.303. The van der Waals surface area contributed by atoms with Crippen LogP contribution in [0.15, 0.2) is 47.4 Å². The van der Waals surface area contributed by atoms with E-state index in [1.165, 1.54) is 18.4 Å². The van der Waals surface area contributed by atoms with Crippen molar-refractivity contribution in [3.8, 4) is 11.5 Å². The third-order valence-corrected chi connectivity index (χ3v) is 4.77. The van der Waals surface area contributed by atoms with Gasteiger partial charge in [-0.05, 0) is 30.3 Å². The molecule has 3 aromatic heterocycles. The van der Waals surface area contributed by atoms with E-state index in [9.17, 15) is 4.79 Å². The molecular formula is C19H17N5O3S. The van der Waals surface area contributed by atoms with Gasteiger partial charge in [0, 0.05) is 24.2 Å². The molecule has 0 saturated heterocycles. The van der Waals surface area contributed by atoms with Crippen LogP contribution in [0.5, 0.6) is 11.5 Å². The molecule has 0 aliphatic heterocycles. The van der Waals surface area contributed by atoms with Crippen molar-refractivity contribution < 1.29 is 14.3 Å². The van der Waals surface area contributed by atoms with E-state index < -0.39 is 0 Å². The molecule has 8 nitrogen and oxygen atoms in total. The van der Waals surface area contributed by atoms with E-state index in [0.29, 0.717) is 40.8 Å². The summed E-state index contributed by atoms with van der Waals surface area (Å²) >= 11 is 1.51. The Morgan fingerprint density at radius 1 is 1.25 bits per heavy atom. The monoisotopic (exact) mass is 395 g/mol. The maximum atomic E-state index is 12.7. The number of nitrogens with one attached hydrogen (secondary N) is 1. The summed E-state index contributed by atoms with van der Waals surface area (Å²) in [5, 5.41) is 4.73.